The van der Waals surface area contributed by atoms with Gasteiger partial charge in [-0.3, -0.25) is 0 Å². The molecule has 2 aromatic heterocycles. The van der Waals surface area contributed by atoms with Crippen molar-refractivity contribution in [3.8, 4) is 0 Å². The molecular formula is C13H17N3OS. The van der Waals surface area contributed by atoms with Crippen LogP contribution in [0.4, 0.5) is 0 Å². The summed E-state index contributed by atoms with van der Waals surface area (Å²) in [5, 5.41) is 9.24. The fourth-order valence-corrected chi connectivity index (χ4v) is 3.67. The highest BCUT2D eigenvalue weighted by molar-refractivity contribution is 7.99. The summed E-state index contributed by atoms with van der Waals surface area (Å²) in [5.41, 5.74) is 1.85. The van der Waals surface area contributed by atoms with Crippen LogP contribution in [0.1, 0.15) is 24.6 Å². The molecule has 0 unspecified atom stereocenters. The second-order valence-corrected chi connectivity index (χ2v) is 5.80. The molecule has 0 saturated carbocycles. The van der Waals surface area contributed by atoms with Gasteiger partial charge in [-0.2, -0.15) is 11.8 Å². The van der Waals surface area contributed by atoms with Crippen LogP contribution in [0, 0.1) is 0 Å². The van der Waals surface area contributed by atoms with Crippen molar-refractivity contribution in [2.24, 2.45) is 0 Å². The lowest BCUT2D eigenvalue weighted by atomic mass is 10.0. The molecule has 2 aromatic rings. The molecule has 0 amide bonds. The van der Waals surface area contributed by atoms with E-state index in [0.717, 1.165) is 17.0 Å². The summed E-state index contributed by atoms with van der Waals surface area (Å²) >= 11 is 2.02. The molecule has 1 aliphatic heterocycles. The molecule has 1 saturated heterocycles. The summed E-state index contributed by atoms with van der Waals surface area (Å²) in [6.45, 7) is 0.725. The minimum absolute atomic E-state index is 0.135. The molecule has 0 aliphatic carbocycles. The number of aliphatic hydroxyl groups is 1. The molecule has 0 aromatic carbocycles. The minimum Gasteiger partial charge on any atom is -0.395 e. The van der Waals surface area contributed by atoms with Crippen LogP contribution in [0.15, 0.2) is 18.3 Å². The maximum atomic E-state index is 9.24. The number of aliphatic hydroxyl groups excluding tert-OH is 1. The first-order valence-electron chi connectivity index (χ1n) is 6.40. The van der Waals surface area contributed by atoms with Crippen LogP contribution in [0.5, 0.6) is 0 Å². The van der Waals surface area contributed by atoms with Crippen molar-refractivity contribution in [1.82, 2.24) is 14.5 Å². The Labute approximate surface area is 110 Å². The van der Waals surface area contributed by atoms with E-state index in [0.29, 0.717) is 12.5 Å². The number of imidazole rings is 1. The predicted octanol–water partition coefficient (Wildman–Crippen LogP) is 2.03. The van der Waals surface area contributed by atoms with Gasteiger partial charge in [0.05, 0.1) is 6.61 Å². The highest BCUT2D eigenvalue weighted by Gasteiger charge is 2.22. The Hall–Kier alpha value is -1.07. The number of hydrogen-bond acceptors (Lipinski definition) is 4. The second kappa shape index (κ2) is 5.28. The van der Waals surface area contributed by atoms with Crippen LogP contribution in [0.3, 0.4) is 0 Å². The first-order valence-corrected chi connectivity index (χ1v) is 7.55. The Morgan fingerprint density at radius 1 is 1.39 bits per heavy atom. The van der Waals surface area contributed by atoms with Crippen molar-refractivity contribution >= 4 is 22.9 Å². The molecule has 3 rings (SSSR count). The van der Waals surface area contributed by atoms with E-state index in [1.807, 2.05) is 23.9 Å². The average molecular weight is 263 g/mol. The zero-order valence-electron chi connectivity index (χ0n) is 10.2. The average Bonchev–Trinajstić information content (AvgIpc) is 2.80. The Morgan fingerprint density at radius 2 is 2.22 bits per heavy atom. The minimum atomic E-state index is 0.135. The lowest BCUT2D eigenvalue weighted by Crippen LogP contribution is -2.15. The normalized spacial score (nSPS) is 17.4. The molecule has 0 spiro atoms. The first kappa shape index (κ1) is 12.0. The number of thioether (sulfide) groups is 1. The highest BCUT2D eigenvalue weighted by atomic mass is 32.2. The fraction of sp³-hybridized carbons (Fsp3) is 0.538. The van der Waals surface area contributed by atoms with E-state index < -0.39 is 0 Å². The van der Waals surface area contributed by atoms with E-state index >= 15 is 0 Å². The summed E-state index contributed by atoms with van der Waals surface area (Å²) in [4.78, 5) is 9.13. The van der Waals surface area contributed by atoms with Gasteiger partial charge in [0.25, 0.3) is 0 Å². The molecule has 1 aliphatic rings. The fourth-order valence-electron chi connectivity index (χ4n) is 2.56. The zero-order chi connectivity index (χ0) is 12.4. The number of nitrogens with zero attached hydrogens (tertiary/aromatic N) is 3. The Balaban J connectivity index is 2.05. The summed E-state index contributed by atoms with van der Waals surface area (Å²) in [7, 11) is 0. The quantitative estimate of drug-likeness (QED) is 0.920. The number of pyridine rings is 1. The van der Waals surface area contributed by atoms with Crippen molar-refractivity contribution in [2.75, 3.05) is 18.1 Å². The van der Waals surface area contributed by atoms with Gasteiger partial charge in [0, 0.05) is 18.7 Å². The molecule has 1 fully saturated rings. The van der Waals surface area contributed by atoms with Gasteiger partial charge in [-0.15, -0.1) is 0 Å². The molecule has 1 N–H and O–H groups in total. The third kappa shape index (κ3) is 2.12. The summed E-state index contributed by atoms with van der Waals surface area (Å²) in [6.07, 6.45) is 4.15. The van der Waals surface area contributed by atoms with Crippen molar-refractivity contribution < 1.29 is 5.11 Å². The van der Waals surface area contributed by atoms with Gasteiger partial charge in [0.2, 0.25) is 0 Å². The summed E-state index contributed by atoms with van der Waals surface area (Å²) in [5.74, 6) is 4.05. The lowest BCUT2D eigenvalue weighted by Gasteiger charge is -2.21. The van der Waals surface area contributed by atoms with E-state index in [1.165, 1.54) is 24.3 Å². The van der Waals surface area contributed by atoms with Gasteiger partial charge in [0.1, 0.15) is 11.3 Å². The first-order chi connectivity index (χ1) is 8.90. The zero-order valence-corrected chi connectivity index (χ0v) is 11.1. The van der Waals surface area contributed by atoms with Gasteiger partial charge in [-0.1, -0.05) is 0 Å². The van der Waals surface area contributed by atoms with Crippen LogP contribution in [0.2, 0.25) is 0 Å². The van der Waals surface area contributed by atoms with E-state index in [-0.39, 0.29) is 6.61 Å². The van der Waals surface area contributed by atoms with Gasteiger partial charge < -0.3 is 9.67 Å². The Morgan fingerprint density at radius 3 is 3.00 bits per heavy atom. The molecule has 3 heterocycles. The number of aromatic nitrogens is 3. The molecule has 5 heteroatoms. The SMILES string of the molecule is OCCn1c(C2CCSCC2)nc2cccnc21. The largest absolute Gasteiger partial charge is 0.395 e. The third-order valence-corrected chi connectivity index (χ3v) is 4.49. The van der Waals surface area contributed by atoms with Crippen LogP contribution in [-0.4, -0.2) is 37.8 Å². The van der Waals surface area contributed by atoms with Gasteiger partial charge in [0.15, 0.2) is 5.65 Å². The van der Waals surface area contributed by atoms with Crippen molar-refractivity contribution in [3.05, 3.63) is 24.2 Å². The standard InChI is InChI=1S/C13H17N3OS/c17-7-6-16-12(10-3-8-18-9-4-10)15-11-2-1-5-14-13(11)16/h1-2,5,10,17H,3-4,6-9H2. The van der Waals surface area contributed by atoms with E-state index in [9.17, 15) is 5.11 Å². The van der Waals surface area contributed by atoms with Gasteiger partial charge in [-0.05, 0) is 36.5 Å². The highest BCUT2D eigenvalue weighted by Crippen LogP contribution is 2.32. The van der Waals surface area contributed by atoms with Crippen LogP contribution in [0.25, 0.3) is 11.2 Å². The predicted molar refractivity (Wildman–Crippen MR) is 73.9 cm³/mol. The van der Waals surface area contributed by atoms with Crippen molar-refractivity contribution in [1.29, 1.82) is 0 Å². The molecule has 0 bridgehead atoms. The van der Waals surface area contributed by atoms with E-state index in [4.69, 9.17) is 4.98 Å². The molecule has 4 nitrogen and oxygen atoms in total. The number of fused-ring (bicyclic) bond motifs is 1. The number of rotatable bonds is 3. The van der Waals surface area contributed by atoms with E-state index in [2.05, 4.69) is 9.55 Å². The Kier molecular flexibility index (Phi) is 3.52. The van der Waals surface area contributed by atoms with E-state index in [1.54, 1.807) is 6.20 Å². The molecule has 96 valence electrons. The summed E-state index contributed by atoms with van der Waals surface area (Å²) < 4.78 is 2.09. The van der Waals surface area contributed by atoms with Crippen molar-refractivity contribution in [3.63, 3.8) is 0 Å². The third-order valence-electron chi connectivity index (χ3n) is 3.44. The maximum Gasteiger partial charge on any atom is 0.160 e. The summed E-state index contributed by atoms with van der Waals surface area (Å²) in [6, 6.07) is 3.91. The van der Waals surface area contributed by atoms with Crippen molar-refractivity contribution in [2.45, 2.75) is 25.3 Å². The molecule has 0 atom stereocenters. The molecule has 18 heavy (non-hydrogen) atoms. The molecule has 0 radical (unpaired) electrons. The second-order valence-electron chi connectivity index (χ2n) is 4.58. The lowest BCUT2D eigenvalue weighted by molar-refractivity contribution is 0.274. The Bertz CT molecular complexity index is 534. The van der Waals surface area contributed by atoms with Gasteiger partial charge >= 0.3 is 0 Å². The van der Waals surface area contributed by atoms with Crippen LogP contribution < -0.4 is 0 Å². The van der Waals surface area contributed by atoms with Crippen LogP contribution in [-0.2, 0) is 6.54 Å². The monoisotopic (exact) mass is 263 g/mol. The number of hydrogen-bond donors (Lipinski definition) is 1. The van der Waals surface area contributed by atoms with Crippen LogP contribution >= 0.6 is 11.8 Å². The van der Waals surface area contributed by atoms with Gasteiger partial charge in [-0.25, -0.2) is 9.97 Å². The molecular weight excluding hydrogens is 246 g/mol. The smallest absolute Gasteiger partial charge is 0.160 e. The maximum absolute atomic E-state index is 9.24. The topological polar surface area (TPSA) is 50.9 Å².